The smallest absolute Gasteiger partial charge is 0.341 e. The van der Waals surface area contributed by atoms with Crippen LogP contribution in [0.1, 0.15) is 48.0 Å². The van der Waals surface area contributed by atoms with Gasteiger partial charge in [-0.3, -0.25) is 4.79 Å². The average molecular weight is 462 g/mol. The van der Waals surface area contributed by atoms with Crippen molar-refractivity contribution in [2.45, 2.75) is 50.3 Å². The fourth-order valence-electron chi connectivity index (χ4n) is 3.55. The maximum absolute atomic E-state index is 13.0. The number of ether oxygens (including phenoxy) is 1. The standard InChI is InChI=1S/C21H23N3O3S3/c1-4-27-21(26)16-13-6-5-11(2)9-15(13)30-20(16)24-17(25)12(3)29-19-14-7-8-28-18(14)22-10-23-19/h7-8,10-12H,4-6,9H2,1-3H3,(H,24,25)/t11-,12+/m1/s1. The van der Waals surface area contributed by atoms with Gasteiger partial charge in [-0.25, -0.2) is 14.8 Å². The van der Waals surface area contributed by atoms with Gasteiger partial charge in [0, 0.05) is 10.3 Å². The second kappa shape index (κ2) is 9.03. The Hall–Kier alpha value is -1.97. The summed E-state index contributed by atoms with van der Waals surface area (Å²) in [6.45, 7) is 6.17. The van der Waals surface area contributed by atoms with Gasteiger partial charge in [0.1, 0.15) is 21.2 Å². The second-order valence-corrected chi connectivity index (χ2v) is 10.7. The Balaban J connectivity index is 1.56. The molecule has 0 aliphatic heterocycles. The highest BCUT2D eigenvalue weighted by Crippen LogP contribution is 2.40. The largest absolute Gasteiger partial charge is 0.462 e. The minimum absolute atomic E-state index is 0.154. The minimum atomic E-state index is -0.379. The number of aromatic nitrogens is 2. The van der Waals surface area contributed by atoms with E-state index in [0.29, 0.717) is 23.1 Å². The van der Waals surface area contributed by atoms with E-state index in [-0.39, 0.29) is 17.1 Å². The number of thiophene rings is 2. The van der Waals surface area contributed by atoms with Crippen LogP contribution in [0.4, 0.5) is 5.00 Å². The lowest BCUT2D eigenvalue weighted by Gasteiger charge is -2.18. The van der Waals surface area contributed by atoms with Crippen molar-refractivity contribution >= 4 is 61.5 Å². The van der Waals surface area contributed by atoms with Gasteiger partial charge in [0.05, 0.1) is 17.4 Å². The maximum Gasteiger partial charge on any atom is 0.341 e. The number of hydrogen-bond acceptors (Lipinski definition) is 8. The van der Waals surface area contributed by atoms with E-state index in [4.69, 9.17) is 4.74 Å². The predicted molar refractivity (Wildman–Crippen MR) is 123 cm³/mol. The zero-order chi connectivity index (χ0) is 21.3. The van der Waals surface area contributed by atoms with Crippen LogP contribution in [0.3, 0.4) is 0 Å². The van der Waals surface area contributed by atoms with E-state index in [0.717, 1.165) is 40.1 Å². The molecule has 30 heavy (non-hydrogen) atoms. The number of carbonyl (C=O) groups is 2. The number of nitrogens with one attached hydrogen (secondary N) is 1. The lowest BCUT2D eigenvalue weighted by atomic mass is 9.88. The van der Waals surface area contributed by atoms with E-state index < -0.39 is 0 Å². The Kier molecular flexibility index (Phi) is 6.40. The third kappa shape index (κ3) is 4.24. The summed E-state index contributed by atoms with van der Waals surface area (Å²) in [5, 5.41) is 6.94. The Morgan fingerprint density at radius 1 is 1.40 bits per heavy atom. The fraction of sp³-hybridized carbons (Fsp3) is 0.429. The summed E-state index contributed by atoms with van der Waals surface area (Å²) in [4.78, 5) is 36.3. The first-order valence-electron chi connectivity index (χ1n) is 9.95. The molecule has 158 valence electrons. The van der Waals surface area contributed by atoms with Crippen LogP contribution in [0.15, 0.2) is 22.8 Å². The number of fused-ring (bicyclic) bond motifs is 2. The van der Waals surface area contributed by atoms with Crippen LogP contribution in [0, 0.1) is 5.92 Å². The van der Waals surface area contributed by atoms with E-state index in [2.05, 4.69) is 22.2 Å². The third-order valence-corrected chi connectivity index (χ3v) is 8.22. The van der Waals surface area contributed by atoms with Crippen molar-refractivity contribution in [3.63, 3.8) is 0 Å². The van der Waals surface area contributed by atoms with Crippen molar-refractivity contribution in [2.75, 3.05) is 11.9 Å². The second-order valence-electron chi connectivity index (χ2n) is 7.34. The van der Waals surface area contributed by atoms with Gasteiger partial charge >= 0.3 is 5.97 Å². The molecule has 6 nitrogen and oxygen atoms in total. The van der Waals surface area contributed by atoms with Crippen molar-refractivity contribution in [1.29, 1.82) is 0 Å². The molecular formula is C21H23N3O3S3. The van der Waals surface area contributed by atoms with Crippen LogP contribution in [0.2, 0.25) is 0 Å². The lowest BCUT2D eigenvalue weighted by Crippen LogP contribution is -2.23. The molecule has 2 atom stereocenters. The third-order valence-electron chi connectivity index (χ3n) is 5.11. The zero-order valence-corrected chi connectivity index (χ0v) is 19.5. The molecule has 0 spiro atoms. The van der Waals surface area contributed by atoms with Crippen molar-refractivity contribution in [3.8, 4) is 0 Å². The summed E-state index contributed by atoms with van der Waals surface area (Å²) in [6, 6.07) is 1.97. The van der Waals surface area contributed by atoms with E-state index in [1.807, 2.05) is 18.4 Å². The molecule has 0 saturated carbocycles. The monoisotopic (exact) mass is 461 g/mol. The SMILES string of the molecule is CCOC(=O)c1c(NC(=O)[C@H](C)Sc2ncnc3sccc23)sc2c1CC[C@@H](C)C2. The Morgan fingerprint density at radius 2 is 2.23 bits per heavy atom. The van der Waals surface area contributed by atoms with Gasteiger partial charge in [-0.05, 0) is 56.0 Å². The van der Waals surface area contributed by atoms with Gasteiger partial charge in [-0.2, -0.15) is 0 Å². The Labute approximate surface area is 187 Å². The molecule has 0 unspecified atom stereocenters. The van der Waals surface area contributed by atoms with E-state index in [9.17, 15) is 9.59 Å². The molecule has 3 aromatic heterocycles. The zero-order valence-electron chi connectivity index (χ0n) is 17.1. The van der Waals surface area contributed by atoms with Gasteiger partial charge in [0.15, 0.2) is 0 Å². The first-order chi connectivity index (χ1) is 14.5. The summed E-state index contributed by atoms with van der Waals surface area (Å²) in [5.41, 5.74) is 1.58. The first kappa shape index (κ1) is 21.3. The summed E-state index contributed by atoms with van der Waals surface area (Å²) in [5.74, 6) is 0.0742. The van der Waals surface area contributed by atoms with Crippen LogP contribution >= 0.6 is 34.4 Å². The molecule has 4 rings (SSSR count). The number of thioether (sulfide) groups is 1. The van der Waals surface area contributed by atoms with Crippen molar-refractivity contribution in [3.05, 3.63) is 33.8 Å². The number of carbonyl (C=O) groups excluding carboxylic acids is 2. The van der Waals surface area contributed by atoms with Crippen LogP contribution in [-0.2, 0) is 22.4 Å². The molecule has 3 heterocycles. The molecular weight excluding hydrogens is 438 g/mol. The molecule has 1 N–H and O–H groups in total. The van der Waals surface area contributed by atoms with E-state index in [1.54, 1.807) is 18.3 Å². The van der Waals surface area contributed by atoms with Gasteiger partial charge in [0.25, 0.3) is 0 Å². The maximum atomic E-state index is 13.0. The van der Waals surface area contributed by atoms with Crippen molar-refractivity contribution in [2.24, 2.45) is 5.92 Å². The van der Waals surface area contributed by atoms with Crippen molar-refractivity contribution in [1.82, 2.24) is 9.97 Å². The van der Waals surface area contributed by atoms with Crippen LogP contribution in [0.5, 0.6) is 0 Å². The van der Waals surface area contributed by atoms with Gasteiger partial charge in [0.2, 0.25) is 5.91 Å². The molecule has 1 aliphatic carbocycles. The molecule has 1 amide bonds. The van der Waals surface area contributed by atoms with Crippen molar-refractivity contribution < 1.29 is 14.3 Å². The minimum Gasteiger partial charge on any atom is -0.462 e. The molecule has 0 radical (unpaired) electrons. The molecule has 3 aromatic rings. The van der Waals surface area contributed by atoms with Crippen LogP contribution in [-0.4, -0.2) is 33.7 Å². The van der Waals surface area contributed by atoms with E-state index in [1.165, 1.54) is 34.3 Å². The normalized spacial score (nSPS) is 16.8. The topological polar surface area (TPSA) is 81.2 Å². The highest BCUT2D eigenvalue weighted by Gasteiger charge is 2.30. The first-order valence-corrected chi connectivity index (χ1v) is 12.5. The number of esters is 1. The number of rotatable bonds is 6. The molecule has 0 fully saturated rings. The predicted octanol–water partition coefficient (Wildman–Crippen LogP) is 5.17. The van der Waals surface area contributed by atoms with Gasteiger partial charge in [-0.15, -0.1) is 22.7 Å². The number of anilines is 1. The van der Waals surface area contributed by atoms with Gasteiger partial charge < -0.3 is 10.1 Å². The van der Waals surface area contributed by atoms with Crippen LogP contribution < -0.4 is 5.32 Å². The molecule has 9 heteroatoms. The fourth-order valence-corrected chi connectivity index (χ4v) is 6.65. The molecule has 0 aromatic carbocycles. The highest BCUT2D eigenvalue weighted by molar-refractivity contribution is 8.00. The quantitative estimate of drug-likeness (QED) is 0.310. The summed E-state index contributed by atoms with van der Waals surface area (Å²) >= 11 is 4.46. The average Bonchev–Trinajstić information content (AvgIpc) is 3.32. The number of hydrogen-bond donors (Lipinski definition) is 1. The number of amides is 1. The molecule has 0 saturated heterocycles. The Bertz CT molecular complexity index is 1090. The summed E-state index contributed by atoms with van der Waals surface area (Å²) in [7, 11) is 0. The van der Waals surface area contributed by atoms with Gasteiger partial charge in [-0.1, -0.05) is 18.7 Å². The van der Waals surface area contributed by atoms with Crippen LogP contribution in [0.25, 0.3) is 10.2 Å². The molecule has 0 bridgehead atoms. The molecule has 1 aliphatic rings. The Morgan fingerprint density at radius 3 is 3.03 bits per heavy atom. The summed E-state index contributed by atoms with van der Waals surface area (Å²) < 4.78 is 5.29. The number of nitrogens with zero attached hydrogens (tertiary/aromatic N) is 2. The highest BCUT2D eigenvalue weighted by atomic mass is 32.2. The summed E-state index contributed by atoms with van der Waals surface area (Å²) in [6.07, 6.45) is 4.35. The van der Waals surface area contributed by atoms with E-state index >= 15 is 0 Å². The lowest BCUT2D eigenvalue weighted by molar-refractivity contribution is -0.115.